The van der Waals surface area contributed by atoms with Gasteiger partial charge in [-0.15, -0.1) is 11.3 Å². The third kappa shape index (κ3) is 4.44. The molecule has 0 spiro atoms. The van der Waals surface area contributed by atoms with Gasteiger partial charge in [0.05, 0.1) is 23.9 Å². The summed E-state index contributed by atoms with van der Waals surface area (Å²) in [7, 11) is 0. The van der Waals surface area contributed by atoms with Crippen LogP contribution in [0.3, 0.4) is 0 Å². The number of carbonyl (C=O) groups is 3. The summed E-state index contributed by atoms with van der Waals surface area (Å²) in [4.78, 5) is 36.0. The van der Waals surface area contributed by atoms with Gasteiger partial charge in [0.2, 0.25) is 5.91 Å². The number of nitrogens with one attached hydrogen (secondary N) is 1. The quantitative estimate of drug-likeness (QED) is 0.729. The second kappa shape index (κ2) is 7.93. The van der Waals surface area contributed by atoms with E-state index in [1.807, 2.05) is 13.8 Å². The number of anilines is 1. The Morgan fingerprint density at radius 1 is 1.36 bits per heavy atom. The Morgan fingerprint density at radius 2 is 2.08 bits per heavy atom. The standard InChI is InChI=1S/C16H19N3O5S/c1-4-24-16(23)13-9(2)10(3)25-14(13)18-12(20)5-6-19-8-11(7-17-19)15(21)22/h7-8H,4-6H2,1-3H3,(H,18,20)(H,21,22). The fourth-order valence-corrected chi connectivity index (χ4v) is 3.23. The van der Waals surface area contributed by atoms with E-state index < -0.39 is 11.9 Å². The molecule has 0 fully saturated rings. The van der Waals surface area contributed by atoms with Gasteiger partial charge < -0.3 is 15.2 Å². The maximum Gasteiger partial charge on any atom is 0.341 e. The summed E-state index contributed by atoms with van der Waals surface area (Å²) >= 11 is 1.32. The number of carboxylic acids is 1. The normalized spacial score (nSPS) is 10.5. The molecule has 2 rings (SSSR count). The molecule has 0 saturated carbocycles. The summed E-state index contributed by atoms with van der Waals surface area (Å²) in [5.41, 5.74) is 1.23. The smallest absolute Gasteiger partial charge is 0.341 e. The lowest BCUT2D eigenvalue weighted by atomic mass is 10.1. The van der Waals surface area contributed by atoms with Crippen LogP contribution in [0, 0.1) is 13.8 Å². The van der Waals surface area contributed by atoms with Crippen LogP contribution in [-0.2, 0) is 16.1 Å². The van der Waals surface area contributed by atoms with E-state index in [2.05, 4.69) is 10.4 Å². The van der Waals surface area contributed by atoms with Gasteiger partial charge in [-0.05, 0) is 26.3 Å². The molecule has 9 heteroatoms. The molecule has 0 aliphatic heterocycles. The van der Waals surface area contributed by atoms with Crippen LogP contribution in [0.2, 0.25) is 0 Å². The average molecular weight is 365 g/mol. The number of nitrogens with zero attached hydrogens (tertiary/aromatic N) is 2. The van der Waals surface area contributed by atoms with Crippen molar-refractivity contribution < 1.29 is 24.2 Å². The number of amides is 1. The van der Waals surface area contributed by atoms with Crippen molar-refractivity contribution in [1.82, 2.24) is 9.78 Å². The van der Waals surface area contributed by atoms with E-state index in [-0.39, 0.29) is 31.0 Å². The second-order valence-corrected chi connectivity index (χ2v) is 6.53. The number of hydrogen-bond donors (Lipinski definition) is 2. The molecule has 2 aromatic rings. The van der Waals surface area contributed by atoms with E-state index >= 15 is 0 Å². The number of thiophene rings is 1. The number of hydrogen-bond acceptors (Lipinski definition) is 6. The molecule has 0 aliphatic carbocycles. The van der Waals surface area contributed by atoms with Crippen LogP contribution in [0.1, 0.15) is 44.5 Å². The molecule has 0 radical (unpaired) electrons. The highest BCUT2D eigenvalue weighted by Crippen LogP contribution is 2.33. The highest BCUT2D eigenvalue weighted by atomic mass is 32.1. The van der Waals surface area contributed by atoms with Gasteiger partial charge >= 0.3 is 11.9 Å². The number of esters is 1. The summed E-state index contributed by atoms with van der Waals surface area (Å²) in [6.07, 6.45) is 2.68. The molecule has 0 saturated heterocycles. The van der Waals surface area contributed by atoms with Crippen molar-refractivity contribution in [3.63, 3.8) is 0 Å². The van der Waals surface area contributed by atoms with Crippen molar-refractivity contribution in [2.24, 2.45) is 0 Å². The van der Waals surface area contributed by atoms with Gasteiger partial charge in [-0.3, -0.25) is 9.48 Å². The number of aryl methyl sites for hydroxylation is 2. The predicted octanol–water partition coefficient (Wildman–Crippen LogP) is 2.47. The zero-order valence-electron chi connectivity index (χ0n) is 14.2. The SMILES string of the molecule is CCOC(=O)c1c(NC(=O)CCn2cc(C(=O)O)cn2)sc(C)c1C. The molecule has 0 aromatic carbocycles. The summed E-state index contributed by atoms with van der Waals surface area (Å²) < 4.78 is 6.43. The molecule has 134 valence electrons. The molecule has 0 bridgehead atoms. The number of carbonyl (C=O) groups excluding carboxylic acids is 2. The summed E-state index contributed by atoms with van der Waals surface area (Å²) in [5.74, 6) is -1.82. The summed E-state index contributed by atoms with van der Waals surface area (Å²) in [6, 6.07) is 0. The Kier molecular flexibility index (Phi) is 5.92. The van der Waals surface area contributed by atoms with Crippen molar-refractivity contribution in [3.8, 4) is 0 Å². The first-order valence-corrected chi connectivity index (χ1v) is 8.47. The van der Waals surface area contributed by atoms with E-state index in [0.717, 1.165) is 10.4 Å². The summed E-state index contributed by atoms with van der Waals surface area (Å²) in [5, 5.41) is 15.9. The molecule has 0 atom stereocenters. The van der Waals surface area contributed by atoms with Gasteiger partial charge in [0.25, 0.3) is 0 Å². The van der Waals surface area contributed by atoms with Crippen molar-refractivity contribution in [1.29, 1.82) is 0 Å². The first-order valence-electron chi connectivity index (χ1n) is 7.66. The summed E-state index contributed by atoms with van der Waals surface area (Å²) in [6.45, 7) is 5.89. The minimum absolute atomic E-state index is 0.0644. The maximum atomic E-state index is 12.2. The van der Waals surface area contributed by atoms with Gasteiger partial charge in [0.1, 0.15) is 5.00 Å². The first kappa shape index (κ1) is 18.7. The van der Waals surface area contributed by atoms with Crippen molar-refractivity contribution >= 4 is 34.2 Å². The van der Waals surface area contributed by atoms with Crippen LogP contribution in [-0.4, -0.2) is 39.3 Å². The number of rotatable bonds is 7. The molecular formula is C16H19N3O5S. The van der Waals surface area contributed by atoms with Crippen LogP contribution >= 0.6 is 11.3 Å². The Morgan fingerprint density at radius 3 is 2.68 bits per heavy atom. The molecule has 2 aromatic heterocycles. The fraction of sp³-hybridized carbons (Fsp3) is 0.375. The van der Waals surface area contributed by atoms with Crippen molar-refractivity contribution in [2.75, 3.05) is 11.9 Å². The van der Waals surface area contributed by atoms with Crippen molar-refractivity contribution in [2.45, 2.75) is 33.7 Å². The van der Waals surface area contributed by atoms with Crippen LogP contribution < -0.4 is 5.32 Å². The number of carboxylic acid groups (broad SMARTS) is 1. The molecule has 8 nitrogen and oxygen atoms in total. The van der Waals surface area contributed by atoms with Crippen LogP contribution in [0.4, 0.5) is 5.00 Å². The Labute approximate surface area is 148 Å². The average Bonchev–Trinajstić information content (AvgIpc) is 3.11. The Bertz CT molecular complexity index is 809. The number of ether oxygens (including phenoxy) is 1. The molecule has 1 amide bonds. The fourth-order valence-electron chi connectivity index (χ4n) is 2.17. The lowest BCUT2D eigenvalue weighted by Crippen LogP contribution is -2.16. The van der Waals surface area contributed by atoms with E-state index in [1.165, 1.54) is 28.4 Å². The van der Waals surface area contributed by atoms with Gasteiger partial charge in [-0.25, -0.2) is 9.59 Å². The van der Waals surface area contributed by atoms with Crippen LogP contribution in [0.25, 0.3) is 0 Å². The predicted molar refractivity (Wildman–Crippen MR) is 92.2 cm³/mol. The molecule has 25 heavy (non-hydrogen) atoms. The third-order valence-electron chi connectivity index (χ3n) is 3.57. The lowest BCUT2D eigenvalue weighted by Gasteiger charge is -2.07. The van der Waals surface area contributed by atoms with Crippen LogP contribution in [0.15, 0.2) is 12.4 Å². The second-order valence-electron chi connectivity index (χ2n) is 5.30. The Balaban J connectivity index is 2.03. The molecular weight excluding hydrogens is 346 g/mol. The van der Waals surface area contributed by atoms with E-state index in [4.69, 9.17) is 9.84 Å². The molecule has 2 N–H and O–H groups in total. The highest BCUT2D eigenvalue weighted by molar-refractivity contribution is 7.16. The maximum absolute atomic E-state index is 12.2. The lowest BCUT2D eigenvalue weighted by molar-refractivity contribution is -0.116. The minimum Gasteiger partial charge on any atom is -0.478 e. The molecule has 2 heterocycles. The van der Waals surface area contributed by atoms with Gasteiger partial charge in [-0.1, -0.05) is 0 Å². The van der Waals surface area contributed by atoms with E-state index in [1.54, 1.807) is 6.92 Å². The largest absolute Gasteiger partial charge is 0.478 e. The van der Waals surface area contributed by atoms with Gasteiger partial charge in [0.15, 0.2) is 0 Å². The van der Waals surface area contributed by atoms with Gasteiger partial charge in [-0.2, -0.15) is 5.10 Å². The van der Waals surface area contributed by atoms with Gasteiger partial charge in [0, 0.05) is 24.0 Å². The highest BCUT2D eigenvalue weighted by Gasteiger charge is 2.22. The third-order valence-corrected chi connectivity index (χ3v) is 4.69. The zero-order chi connectivity index (χ0) is 18.6. The van der Waals surface area contributed by atoms with Crippen LogP contribution in [0.5, 0.6) is 0 Å². The Hall–Kier alpha value is -2.68. The number of aromatic carboxylic acids is 1. The topological polar surface area (TPSA) is 111 Å². The van der Waals surface area contributed by atoms with E-state index in [9.17, 15) is 14.4 Å². The number of aromatic nitrogens is 2. The monoisotopic (exact) mass is 365 g/mol. The minimum atomic E-state index is -1.07. The zero-order valence-corrected chi connectivity index (χ0v) is 15.0. The van der Waals surface area contributed by atoms with E-state index in [0.29, 0.717) is 10.6 Å². The first-order chi connectivity index (χ1) is 11.8. The molecule has 0 aliphatic rings. The molecule has 0 unspecified atom stereocenters. The van der Waals surface area contributed by atoms with Crippen molar-refractivity contribution in [3.05, 3.63) is 34.0 Å².